The number of methoxy groups -OCH3 is 1. The molecule has 0 aromatic heterocycles. The highest BCUT2D eigenvalue weighted by Crippen LogP contribution is 2.30. The van der Waals surface area contributed by atoms with E-state index in [1.165, 1.54) is 31.5 Å². The maximum Gasteiger partial charge on any atom is 0.260 e. The summed E-state index contributed by atoms with van der Waals surface area (Å²) in [4.78, 5) is 12.2. The van der Waals surface area contributed by atoms with Crippen molar-refractivity contribution in [2.24, 2.45) is 5.10 Å². The van der Waals surface area contributed by atoms with Crippen LogP contribution in [0.25, 0.3) is 0 Å². The maximum absolute atomic E-state index is 12.2. The zero-order chi connectivity index (χ0) is 22.1. The van der Waals surface area contributed by atoms with Gasteiger partial charge >= 0.3 is 0 Å². The lowest BCUT2D eigenvalue weighted by atomic mass is 10.2. The van der Waals surface area contributed by atoms with Crippen molar-refractivity contribution in [1.29, 1.82) is 5.26 Å². The van der Waals surface area contributed by atoms with Gasteiger partial charge in [-0.1, -0.05) is 11.6 Å². The number of rotatable bonds is 9. The molecule has 1 N–H and O–H groups in total. The molecule has 0 heterocycles. The number of carbonyl (C=O) groups excluding carboxylic acids is 1. The number of carbonyl (C=O) groups is 1. The first-order valence-electron chi connectivity index (χ1n) is 8.47. The van der Waals surface area contributed by atoms with Gasteiger partial charge < -0.3 is 9.47 Å². The molecule has 0 radical (unpaired) electrons. The third kappa shape index (κ3) is 6.65. The first kappa shape index (κ1) is 23.0. The molecule has 0 fully saturated rings. The zero-order valence-corrected chi connectivity index (χ0v) is 17.8. The second-order valence-electron chi connectivity index (χ2n) is 5.90. The van der Waals surface area contributed by atoms with Gasteiger partial charge in [0.25, 0.3) is 5.91 Å². The number of ether oxygens (including phenoxy) is 2. The molecule has 9 nitrogen and oxygen atoms in total. The van der Waals surface area contributed by atoms with Crippen molar-refractivity contribution >= 4 is 39.4 Å². The van der Waals surface area contributed by atoms with Crippen LogP contribution >= 0.6 is 11.6 Å². The Labute approximate surface area is 179 Å². The molecule has 0 spiro atoms. The Hall–Kier alpha value is -3.29. The average molecular weight is 451 g/mol. The first-order valence-corrected chi connectivity index (χ1v) is 10.7. The van der Waals surface area contributed by atoms with Crippen molar-refractivity contribution in [2.45, 2.75) is 0 Å². The van der Waals surface area contributed by atoms with Crippen LogP contribution in [0.2, 0.25) is 5.02 Å². The molecule has 0 saturated heterocycles. The Bertz CT molecular complexity index is 1070. The molecule has 0 bridgehead atoms. The van der Waals surface area contributed by atoms with E-state index in [1.807, 2.05) is 6.07 Å². The average Bonchev–Trinajstić information content (AvgIpc) is 2.70. The molecule has 0 aliphatic carbocycles. The number of hydrazone groups is 1. The van der Waals surface area contributed by atoms with Gasteiger partial charge in [-0.3, -0.25) is 9.10 Å². The summed E-state index contributed by atoms with van der Waals surface area (Å²) in [5.41, 5.74) is 3.17. The van der Waals surface area contributed by atoms with Crippen LogP contribution in [-0.4, -0.2) is 47.1 Å². The number of amides is 1. The largest absolute Gasteiger partial charge is 0.495 e. The molecule has 2 aromatic carbocycles. The van der Waals surface area contributed by atoms with Gasteiger partial charge in [0.15, 0.2) is 6.61 Å². The Kier molecular flexibility index (Phi) is 8.03. The van der Waals surface area contributed by atoms with Crippen LogP contribution in [0.1, 0.15) is 5.56 Å². The quantitative estimate of drug-likeness (QED) is 0.461. The summed E-state index contributed by atoms with van der Waals surface area (Å²) >= 11 is 6.06. The summed E-state index contributed by atoms with van der Waals surface area (Å²) in [6, 6.07) is 12.9. The molecular weight excluding hydrogens is 432 g/mol. The van der Waals surface area contributed by atoms with Crippen molar-refractivity contribution < 1.29 is 22.7 Å². The maximum atomic E-state index is 12.2. The summed E-state index contributed by atoms with van der Waals surface area (Å²) < 4.78 is 35.4. The van der Waals surface area contributed by atoms with E-state index in [9.17, 15) is 13.2 Å². The normalized spacial score (nSPS) is 11.0. The number of nitrogens with zero attached hydrogens (tertiary/aromatic N) is 3. The van der Waals surface area contributed by atoms with Crippen LogP contribution in [0.3, 0.4) is 0 Å². The Morgan fingerprint density at radius 1 is 1.30 bits per heavy atom. The second kappa shape index (κ2) is 10.5. The van der Waals surface area contributed by atoms with Crippen LogP contribution in [0, 0.1) is 11.3 Å². The van der Waals surface area contributed by atoms with E-state index >= 15 is 0 Å². The molecule has 0 aliphatic rings. The summed E-state index contributed by atoms with van der Waals surface area (Å²) in [5, 5.41) is 12.5. The predicted molar refractivity (Wildman–Crippen MR) is 113 cm³/mol. The van der Waals surface area contributed by atoms with Gasteiger partial charge in [0.1, 0.15) is 24.1 Å². The molecule has 2 rings (SSSR count). The number of sulfonamides is 1. The third-order valence-corrected chi connectivity index (χ3v) is 5.13. The van der Waals surface area contributed by atoms with E-state index in [2.05, 4.69) is 10.5 Å². The van der Waals surface area contributed by atoms with Crippen LogP contribution in [-0.2, 0) is 14.8 Å². The van der Waals surface area contributed by atoms with Crippen LogP contribution < -0.4 is 19.2 Å². The molecule has 0 atom stereocenters. The van der Waals surface area contributed by atoms with Crippen molar-refractivity contribution in [3.8, 4) is 17.6 Å². The monoisotopic (exact) mass is 450 g/mol. The van der Waals surface area contributed by atoms with Gasteiger partial charge in [0.2, 0.25) is 10.0 Å². The number of nitriles is 1. The molecule has 2 aromatic rings. The third-order valence-electron chi connectivity index (χ3n) is 3.70. The van der Waals surface area contributed by atoms with Crippen molar-refractivity contribution in [3.63, 3.8) is 0 Å². The molecule has 0 saturated carbocycles. The minimum atomic E-state index is -3.75. The number of hydrogen-bond donors (Lipinski definition) is 1. The molecule has 11 heteroatoms. The van der Waals surface area contributed by atoms with Crippen molar-refractivity contribution in [1.82, 2.24) is 5.43 Å². The van der Waals surface area contributed by atoms with Gasteiger partial charge in [0, 0.05) is 0 Å². The number of anilines is 1. The first-order chi connectivity index (χ1) is 14.2. The standard InChI is InChI=1S/C19H19ClN4O5S/c1-28-18-8-5-15(11-17(18)20)24(30(2,26)27)13-19(25)23-22-12-14-3-6-16(7-4-14)29-10-9-21/h3-8,11-12H,10,13H2,1-2H3,(H,23,25)/b22-12-. The van der Waals surface area contributed by atoms with Crippen molar-refractivity contribution in [3.05, 3.63) is 53.1 Å². The smallest absolute Gasteiger partial charge is 0.260 e. The van der Waals surface area contributed by atoms with Gasteiger partial charge in [-0.05, 0) is 48.0 Å². The number of benzene rings is 2. The lowest BCUT2D eigenvalue weighted by Gasteiger charge is -2.21. The Morgan fingerprint density at radius 2 is 2.00 bits per heavy atom. The molecule has 158 valence electrons. The van der Waals surface area contributed by atoms with Gasteiger partial charge in [-0.15, -0.1) is 0 Å². The molecular formula is C19H19ClN4O5S. The molecule has 0 aliphatic heterocycles. The Morgan fingerprint density at radius 3 is 2.57 bits per heavy atom. The van der Waals surface area contributed by atoms with Crippen LogP contribution in [0.4, 0.5) is 5.69 Å². The fraction of sp³-hybridized carbons (Fsp3) is 0.211. The number of halogens is 1. The SMILES string of the molecule is COc1ccc(N(CC(=O)N/N=C\c2ccc(OCC#N)cc2)S(C)(=O)=O)cc1Cl. The highest BCUT2D eigenvalue weighted by Gasteiger charge is 2.21. The Balaban J connectivity index is 2.04. The van der Waals surface area contributed by atoms with Gasteiger partial charge in [0.05, 0.1) is 30.3 Å². The molecule has 30 heavy (non-hydrogen) atoms. The highest BCUT2D eigenvalue weighted by molar-refractivity contribution is 7.92. The topological polar surface area (TPSA) is 121 Å². The number of hydrogen-bond acceptors (Lipinski definition) is 7. The van der Waals surface area contributed by atoms with Gasteiger partial charge in [-0.25, -0.2) is 13.8 Å². The van der Waals surface area contributed by atoms with E-state index in [0.29, 0.717) is 17.1 Å². The van der Waals surface area contributed by atoms with E-state index in [-0.39, 0.29) is 17.3 Å². The fourth-order valence-corrected chi connectivity index (χ4v) is 3.42. The lowest BCUT2D eigenvalue weighted by molar-refractivity contribution is -0.119. The second-order valence-corrected chi connectivity index (χ2v) is 8.21. The zero-order valence-electron chi connectivity index (χ0n) is 16.2. The lowest BCUT2D eigenvalue weighted by Crippen LogP contribution is -2.39. The molecule has 0 unspecified atom stereocenters. The fourth-order valence-electron chi connectivity index (χ4n) is 2.32. The van der Waals surface area contributed by atoms with E-state index < -0.39 is 22.5 Å². The minimum absolute atomic E-state index is 0.0558. The molecule has 1 amide bonds. The minimum Gasteiger partial charge on any atom is -0.495 e. The van der Waals surface area contributed by atoms with E-state index in [4.69, 9.17) is 26.3 Å². The van der Waals surface area contributed by atoms with E-state index in [0.717, 1.165) is 10.6 Å². The summed E-state index contributed by atoms with van der Waals surface area (Å²) in [7, 11) is -2.32. The van der Waals surface area contributed by atoms with Crippen molar-refractivity contribution in [2.75, 3.05) is 30.8 Å². The highest BCUT2D eigenvalue weighted by atomic mass is 35.5. The van der Waals surface area contributed by atoms with Crippen LogP contribution in [0.5, 0.6) is 11.5 Å². The van der Waals surface area contributed by atoms with Crippen LogP contribution in [0.15, 0.2) is 47.6 Å². The summed E-state index contributed by atoms with van der Waals surface area (Å²) in [6.07, 6.45) is 2.37. The summed E-state index contributed by atoms with van der Waals surface area (Å²) in [6.45, 7) is -0.542. The number of nitrogens with one attached hydrogen (secondary N) is 1. The predicted octanol–water partition coefficient (Wildman–Crippen LogP) is 2.17. The van der Waals surface area contributed by atoms with Gasteiger partial charge in [-0.2, -0.15) is 10.4 Å². The summed E-state index contributed by atoms with van der Waals surface area (Å²) in [5.74, 6) is 0.268. The van der Waals surface area contributed by atoms with E-state index in [1.54, 1.807) is 24.3 Å².